The largest absolute Gasteiger partial charge is 0.497 e. The van der Waals surface area contributed by atoms with E-state index >= 15 is 0 Å². The molecule has 4 rings (SSSR count). The third-order valence-electron chi connectivity index (χ3n) is 4.92. The molecular weight excluding hydrogens is 366 g/mol. The lowest BCUT2D eigenvalue weighted by Gasteiger charge is -2.18. The molecule has 0 atom stereocenters. The minimum Gasteiger partial charge on any atom is -0.497 e. The Balaban J connectivity index is 1.47. The van der Waals surface area contributed by atoms with Crippen molar-refractivity contribution in [3.05, 3.63) is 54.7 Å². The Morgan fingerprint density at radius 3 is 2.41 bits per heavy atom. The first-order valence-corrected chi connectivity index (χ1v) is 9.69. The summed E-state index contributed by atoms with van der Waals surface area (Å²) >= 11 is 0. The van der Waals surface area contributed by atoms with Crippen molar-refractivity contribution >= 4 is 28.8 Å². The molecule has 3 aromatic rings. The zero-order chi connectivity index (χ0) is 20.1. The molecule has 0 radical (unpaired) electrons. The fraction of sp³-hybridized carbons (Fsp3) is 0.273. The van der Waals surface area contributed by atoms with E-state index in [1.165, 1.54) is 18.5 Å². The summed E-state index contributed by atoms with van der Waals surface area (Å²) in [5, 5.41) is 6.53. The molecule has 2 heterocycles. The molecule has 1 fully saturated rings. The molecule has 0 bridgehead atoms. The van der Waals surface area contributed by atoms with Crippen molar-refractivity contribution in [1.82, 2.24) is 9.97 Å². The normalized spacial score (nSPS) is 13.2. The topological polar surface area (TPSA) is 71.5 Å². The summed E-state index contributed by atoms with van der Waals surface area (Å²) in [5.41, 5.74) is 2.98. The first kappa shape index (κ1) is 18.9. The van der Waals surface area contributed by atoms with E-state index in [-0.39, 0.29) is 0 Å². The number of nitrogens with zero attached hydrogens (tertiary/aromatic N) is 3. The van der Waals surface area contributed by atoms with E-state index < -0.39 is 0 Å². The van der Waals surface area contributed by atoms with Crippen molar-refractivity contribution < 1.29 is 9.47 Å². The molecule has 150 valence electrons. The molecule has 0 spiro atoms. The van der Waals surface area contributed by atoms with E-state index in [0.29, 0.717) is 17.5 Å². The molecule has 29 heavy (non-hydrogen) atoms. The number of benzene rings is 2. The summed E-state index contributed by atoms with van der Waals surface area (Å²) in [7, 11) is 3.25. The number of rotatable bonds is 7. The minimum absolute atomic E-state index is 0.468. The predicted molar refractivity (Wildman–Crippen MR) is 116 cm³/mol. The van der Waals surface area contributed by atoms with Crippen LogP contribution in [0.15, 0.2) is 54.7 Å². The number of aromatic nitrogens is 2. The van der Waals surface area contributed by atoms with Gasteiger partial charge in [0.05, 0.1) is 19.9 Å². The maximum Gasteiger partial charge on any atom is 0.229 e. The summed E-state index contributed by atoms with van der Waals surface area (Å²) in [6, 6.07) is 15.8. The lowest BCUT2D eigenvalue weighted by molar-refractivity contribution is 0.405. The van der Waals surface area contributed by atoms with Gasteiger partial charge in [0.15, 0.2) is 0 Å². The van der Waals surface area contributed by atoms with Gasteiger partial charge in [-0.15, -0.1) is 0 Å². The van der Waals surface area contributed by atoms with Crippen LogP contribution in [-0.4, -0.2) is 37.3 Å². The second-order valence-electron chi connectivity index (χ2n) is 6.82. The Morgan fingerprint density at radius 1 is 0.897 bits per heavy atom. The van der Waals surface area contributed by atoms with Crippen LogP contribution in [0.3, 0.4) is 0 Å². The molecule has 0 unspecified atom stereocenters. The number of ether oxygens (including phenoxy) is 2. The Bertz CT molecular complexity index is 956. The lowest BCUT2D eigenvalue weighted by atomic mass is 10.2. The monoisotopic (exact) mass is 391 g/mol. The van der Waals surface area contributed by atoms with Crippen LogP contribution in [0.25, 0.3) is 0 Å². The average molecular weight is 391 g/mol. The first-order chi connectivity index (χ1) is 14.2. The highest BCUT2D eigenvalue weighted by atomic mass is 16.5. The van der Waals surface area contributed by atoms with Crippen LogP contribution in [0.1, 0.15) is 12.8 Å². The highest BCUT2D eigenvalue weighted by Crippen LogP contribution is 2.31. The van der Waals surface area contributed by atoms with Gasteiger partial charge in [0, 0.05) is 36.7 Å². The second kappa shape index (κ2) is 8.68. The molecule has 0 saturated carbocycles. The number of nitrogens with one attached hydrogen (secondary N) is 2. The highest BCUT2D eigenvalue weighted by Gasteiger charge is 2.12. The lowest BCUT2D eigenvalue weighted by Crippen LogP contribution is -2.17. The minimum atomic E-state index is 0.468. The van der Waals surface area contributed by atoms with E-state index in [4.69, 9.17) is 9.47 Å². The van der Waals surface area contributed by atoms with Gasteiger partial charge in [-0.25, -0.2) is 4.98 Å². The quantitative estimate of drug-likeness (QED) is 0.611. The molecule has 7 nitrogen and oxygen atoms in total. The molecule has 1 aliphatic rings. The molecule has 1 aromatic heterocycles. The average Bonchev–Trinajstić information content (AvgIpc) is 3.29. The van der Waals surface area contributed by atoms with Crippen molar-refractivity contribution in [3.8, 4) is 11.5 Å². The van der Waals surface area contributed by atoms with Gasteiger partial charge in [-0.3, -0.25) is 0 Å². The van der Waals surface area contributed by atoms with Gasteiger partial charge in [0.1, 0.15) is 17.3 Å². The van der Waals surface area contributed by atoms with E-state index in [9.17, 15) is 0 Å². The zero-order valence-corrected chi connectivity index (χ0v) is 16.7. The molecular formula is C22H25N5O2. The summed E-state index contributed by atoms with van der Waals surface area (Å²) in [4.78, 5) is 11.3. The van der Waals surface area contributed by atoms with Gasteiger partial charge >= 0.3 is 0 Å². The van der Waals surface area contributed by atoms with Crippen molar-refractivity contribution in [3.63, 3.8) is 0 Å². The van der Waals surface area contributed by atoms with Crippen molar-refractivity contribution in [2.75, 3.05) is 42.8 Å². The van der Waals surface area contributed by atoms with Crippen LogP contribution in [0.2, 0.25) is 0 Å². The van der Waals surface area contributed by atoms with E-state index in [1.807, 2.05) is 24.3 Å². The number of hydrogen-bond donors (Lipinski definition) is 2. The fourth-order valence-corrected chi connectivity index (χ4v) is 3.40. The molecule has 1 saturated heterocycles. The number of methoxy groups -OCH3 is 2. The van der Waals surface area contributed by atoms with Crippen LogP contribution in [0.4, 0.5) is 28.8 Å². The van der Waals surface area contributed by atoms with E-state index in [1.54, 1.807) is 20.4 Å². The maximum atomic E-state index is 5.40. The third-order valence-corrected chi connectivity index (χ3v) is 4.92. The standard InChI is InChI=1S/C22H25N5O2/c1-28-18-9-10-20(29-2)19(15-18)25-22-23-12-11-21(26-22)24-16-5-7-17(8-6-16)27-13-3-4-14-27/h5-12,15H,3-4,13-14H2,1-2H3,(H2,23,24,25,26). The molecule has 2 aromatic carbocycles. The first-order valence-electron chi connectivity index (χ1n) is 9.69. The van der Waals surface area contributed by atoms with Gasteiger partial charge < -0.3 is 25.0 Å². The van der Waals surface area contributed by atoms with Gasteiger partial charge in [-0.1, -0.05) is 0 Å². The Hall–Kier alpha value is -3.48. The van der Waals surface area contributed by atoms with Crippen LogP contribution in [-0.2, 0) is 0 Å². The molecule has 0 aliphatic carbocycles. The van der Waals surface area contributed by atoms with Crippen LogP contribution < -0.4 is 25.0 Å². The SMILES string of the molecule is COc1ccc(OC)c(Nc2nccc(Nc3ccc(N4CCCC4)cc3)n2)c1. The summed E-state index contributed by atoms with van der Waals surface area (Å²) < 4.78 is 10.7. The number of hydrogen-bond acceptors (Lipinski definition) is 7. The molecule has 1 aliphatic heterocycles. The fourth-order valence-electron chi connectivity index (χ4n) is 3.40. The van der Waals surface area contributed by atoms with Crippen LogP contribution in [0, 0.1) is 0 Å². The highest BCUT2D eigenvalue weighted by molar-refractivity contribution is 5.66. The van der Waals surface area contributed by atoms with E-state index in [2.05, 4.69) is 49.8 Å². The molecule has 7 heteroatoms. The Morgan fingerprint density at radius 2 is 1.69 bits per heavy atom. The zero-order valence-electron chi connectivity index (χ0n) is 16.7. The summed E-state index contributed by atoms with van der Waals surface area (Å²) in [6.45, 7) is 2.28. The van der Waals surface area contributed by atoms with Gasteiger partial charge in [0.2, 0.25) is 5.95 Å². The third kappa shape index (κ3) is 4.51. The second-order valence-corrected chi connectivity index (χ2v) is 6.82. The summed E-state index contributed by atoms with van der Waals surface area (Å²) in [5.74, 6) is 2.58. The predicted octanol–water partition coefficient (Wildman–Crippen LogP) is 4.58. The Kier molecular flexibility index (Phi) is 5.65. The van der Waals surface area contributed by atoms with Crippen molar-refractivity contribution in [2.45, 2.75) is 12.8 Å². The van der Waals surface area contributed by atoms with Gasteiger partial charge in [-0.05, 0) is 55.3 Å². The maximum absolute atomic E-state index is 5.40. The van der Waals surface area contributed by atoms with Crippen LogP contribution >= 0.6 is 0 Å². The Labute approximate surface area is 170 Å². The van der Waals surface area contributed by atoms with Crippen molar-refractivity contribution in [2.24, 2.45) is 0 Å². The van der Waals surface area contributed by atoms with E-state index in [0.717, 1.165) is 30.2 Å². The summed E-state index contributed by atoms with van der Waals surface area (Å²) in [6.07, 6.45) is 4.26. The molecule has 2 N–H and O–H groups in total. The number of anilines is 5. The van der Waals surface area contributed by atoms with Crippen LogP contribution in [0.5, 0.6) is 11.5 Å². The van der Waals surface area contributed by atoms with Crippen molar-refractivity contribution in [1.29, 1.82) is 0 Å². The molecule has 0 amide bonds. The smallest absolute Gasteiger partial charge is 0.229 e. The van der Waals surface area contributed by atoms with Gasteiger partial charge in [0.25, 0.3) is 0 Å². The van der Waals surface area contributed by atoms with Gasteiger partial charge in [-0.2, -0.15) is 4.98 Å².